The molecule has 1 N–H and O–H groups in total. The number of quaternary nitrogens is 1. The van der Waals surface area contributed by atoms with Crippen molar-refractivity contribution < 1.29 is 68.3 Å². The quantitative estimate of drug-likeness (QED) is 0.0779. The summed E-state index contributed by atoms with van der Waals surface area (Å²) in [5, 5.41) is 0. The van der Waals surface area contributed by atoms with Crippen LogP contribution in [0.5, 0.6) is 0 Å². The van der Waals surface area contributed by atoms with E-state index in [1.54, 1.807) is 61.2 Å². The lowest BCUT2D eigenvalue weighted by atomic mass is 9.68. The van der Waals surface area contributed by atoms with Crippen LogP contribution in [0.1, 0.15) is 55.4 Å². The van der Waals surface area contributed by atoms with Crippen LogP contribution in [-0.2, 0) is 62.2 Å². The molecule has 0 amide bonds. The Bertz CT molecular complexity index is 1350. The Morgan fingerprint density at radius 2 is 0.940 bits per heavy atom. The van der Waals surface area contributed by atoms with Gasteiger partial charge in [-0.1, -0.05) is 0 Å². The predicted molar refractivity (Wildman–Crippen MR) is 188 cm³/mol. The third-order valence-electron chi connectivity index (χ3n) is 8.28. The van der Waals surface area contributed by atoms with Crippen molar-refractivity contribution in [1.82, 2.24) is 4.90 Å². The SMILES string of the molecule is CN(C)CCOC(=O)C(C)(C)C(C)(C)C(=O)OCCS(=O)(=O)O[Si](C)(C)C.C[NH+](C)CCOC(=O)C(C)(C)C(C)(C)C(=O)OCCS(=O)(=O)[O-]. The maximum absolute atomic E-state index is 12.5. The van der Waals surface area contributed by atoms with E-state index in [4.69, 9.17) is 22.8 Å². The topological polar surface area (TPSA) is 213 Å². The fraction of sp³-hybridized carbons (Fsp3) is 0.871. The van der Waals surface area contributed by atoms with Crippen LogP contribution < -0.4 is 4.90 Å². The molecule has 16 nitrogen and oxygen atoms in total. The zero-order valence-corrected chi connectivity index (χ0v) is 35.3. The third-order valence-corrected chi connectivity index (χ3v) is 12.6. The number of ether oxygens (including phenoxy) is 4. The summed E-state index contributed by atoms with van der Waals surface area (Å²) in [6.45, 7) is 18.6. The molecule has 0 radical (unpaired) electrons. The molecule has 0 atom stereocenters. The highest BCUT2D eigenvalue weighted by Crippen LogP contribution is 2.41. The van der Waals surface area contributed by atoms with E-state index in [-0.39, 0.29) is 19.8 Å². The van der Waals surface area contributed by atoms with E-state index in [2.05, 4.69) is 0 Å². The second-order valence-electron chi connectivity index (χ2n) is 15.5. The van der Waals surface area contributed by atoms with E-state index in [0.29, 0.717) is 13.1 Å². The molecule has 0 aliphatic carbocycles. The first-order chi connectivity index (χ1) is 22.1. The number of esters is 4. The minimum absolute atomic E-state index is 0.215. The first-order valence-electron chi connectivity index (χ1n) is 16.1. The van der Waals surface area contributed by atoms with Gasteiger partial charge in [-0.3, -0.25) is 19.2 Å². The number of carbonyl (C=O) groups excluding carboxylic acids is 4. The largest absolute Gasteiger partial charge is 0.748 e. The van der Waals surface area contributed by atoms with Gasteiger partial charge in [0.1, 0.15) is 38.7 Å². The molecule has 0 heterocycles. The van der Waals surface area contributed by atoms with Crippen LogP contribution in [0.2, 0.25) is 19.6 Å². The summed E-state index contributed by atoms with van der Waals surface area (Å²) in [6, 6.07) is 0. The summed E-state index contributed by atoms with van der Waals surface area (Å²) in [5.41, 5.74) is -4.78. The Morgan fingerprint density at radius 1 is 0.620 bits per heavy atom. The summed E-state index contributed by atoms with van der Waals surface area (Å²) in [6.07, 6.45) is 0. The van der Waals surface area contributed by atoms with E-state index < -0.39 is 92.2 Å². The average Bonchev–Trinajstić information content (AvgIpc) is 2.90. The smallest absolute Gasteiger partial charge is 0.312 e. The maximum Gasteiger partial charge on any atom is 0.312 e. The van der Waals surface area contributed by atoms with Crippen molar-refractivity contribution in [3.63, 3.8) is 0 Å². The zero-order valence-electron chi connectivity index (χ0n) is 32.6. The van der Waals surface area contributed by atoms with Gasteiger partial charge in [0.15, 0.2) is 0 Å². The number of nitrogens with one attached hydrogen (secondary N) is 1. The van der Waals surface area contributed by atoms with Gasteiger partial charge < -0.3 is 37.2 Å². The van der Waals surface area contributed by atoms with Gasteiger partial charge in [-0.25, -0.2) is 16.8 Å². The van der Waals surface area contributed by atoms with E-state index in [0.717, 1.165) is 4.90 Å². The summed E-state index contributed by atoms with van der Waals surface area (Å²) in [7, 11) is -2.92. The van der Waals surface area contributed by atoms with Gasteiger partial charge in [0.25, 0.3) is 10.1 Å². The van der Waals surface area contributed by atoms with Gasteiger partial charge >= 0.3 is 23.9 Å². The van der Waals surface area contributed by atoms with Crippen LogP contribution in [0.15, 0.2) is 0 Å². The van der Waals surface area contributed by atoms with Crippen LogP contribution in [0, 0.1) is 21.7 Å². The number of hydrogen-bond acceptors (Lipinski definition) is 15. The fourth-order valence-corrected chi connectivity index (χ4v) is 7.26. The molecule has 0 saturated carbocycles. The molecule has 0 bridgehead atoms. The van der Waals surface area contributed by atoms with Gasteiger partial charge in [-0.2, -0.15) is 0 Å². The summed E-state index contributed by atoms with van der Waals surface area (Å²) in [4.78, 5) is 52.3. The number of nitrogens with zero attached hydrogens (tertiary/aromatic N) is 1. The molecule has 0 fully saturated rings. The number of likely N-dealkylation sites (N-methyl/N-ethyl adjacent to an activating group) is 2. The molecule has 50 heavy (non-hydrogen) atoms. The minimum Gasteiger partial charge on any atom is -0.748 e. The molecule has 0 aromatic heterocycles. The van der Waals surface area contributed by atoms with Crippen molar-refractivity contribution >= 4 is 52.4 Å². The molecule has 296 valence electrons. The molecule has 0 unspecified atom stereocenters. The Kier molecular flexibility index (Phi) is 19.6. The summed E-state index contributed by atoms with van der Waals surface area (Å²) >= 11 is 0. The lowest BCUT2D eigenvalue weighted by Gasteiger charge is -2.37. The number of carbonyl (C=O) groups is 4. The van der Waals surface area contributed by atoms with Crippen molar-refractivity contribution in [2.45, 2.75) is 75.0 Å². The molecule has 0 rings (SSSR count). The lowest BCUT2D eigenvalue weighted by molar-refractivity contribution is -0.858. The summed E-state index contributed by atoms with van der Waals surface area (Å²) < 4.78 is 80.9. The van der Waals surface area contributed by atoms with E-state index >= 15 is 0 Å². The Balaban J connectivity index is 0. The molecule has 0 aliphatic heterocycles. The molecule has 0 aromatic carbocycles. The molecular formula is C31H62N2O14S2Si. The average molecular weight is 779 g/mol. The Labute approximate surface area is 300 Å². The van der Waals surface area contributed by atoms with Gasteiger partial charge in [0, 0.05) is 6.54 Å². The number of hydrogen-bond donors (Lipinski definition) is 1. The standard InChI is InChI=1S/C17H35NO7SSi.C14H27NO7S/c1-16(2,14(19)23-11-10-18(5)6)17(3,4)15(20)24-12-13-26(21,22)25-27(7,8)9;1-13(2,11(16)21-8-7-15(5)6)14(3,4)12(17)22-9-10-23(18,19)20/h10-13H2,1-9H3;7-10H2,1-6H3,(H,18,19,20). The highest BCUT2D eigenvalue weighted by Gasteiger charge is 2.51. The molecule has 0 saturated heterocycles. The molecule has 19 heteroatoms. The van der Waals surface area contributed by atoms with Gasteiger partial charge in [0.2, 0.25) is 8.32 Å². The fourth-order valence-electron chi connectivity index (χ4n) is 3.31. The van der Waals surface area contributed by atoms with E-state index in [9.17, 15) is 40.6 Å². The monoisotopic (exact) mass is 778 g/mol. The van der Waals surface area contributed by atoms with Crippen LogP contribution in [0.25, 0.3) is 0 Å². The Hall–Kier alpha value is -2.16. The lowest BCUT2D eigenvalue weighted by Crippen LogP contribution is -3.06. The Morgan fingerprint density at radius 3 is 1.24 bits per heavy atom. The second-order valence-corrected chi connectivity index (χ2v) is 23.5. The van der Waals surface area contributed by atoms with Crippen molar-refractivity contribution in [3.8, 4) is 0 Å². The van der Waals surface area contributed by atoms with Crippen LogP contribution >= 0.6 is 0 Å². The van der Waals surface area contributed by atoms with Gasteiger partial charge in [0.05, 0.1) is 51.6 Å². The number of rotatable bonds is 20. The predicted octanol–water partition coefficient (Wildman–Crippen LogP) is 0.683. The maximum atomic E-state index is 12.5. The second kappa shape index (κ2) is 19.6. The zero-order chi connectivity index (χ0) is 40.2. The molecule has 0 aliphatic rings. The molecule has 0 aromatic rings. The minimum atomic E-state index is -4.46. The first-order valence-corrected chi connectivity index (χ1v) is 22.7. The third kappa shape index (κ3) is 17.9. The molecule has 0 spiro atoms. The first kappa shape index (κ1) is 49.9. The molecular weight excluding hydrogens is 717 g/mol. The van der Waals surface area contributed by atoms with E-state index in [1.807, 2.05) is 33.1 Å². The highest BCUT2D eigenvalue weighted by atomic mass is 32.2. The van der Waals surface area contributed by atoms with Crippen LogP contribution in [0.4, 0.5) is 0 Å². The van der Waals surface area contributed by atoms with Gasteiger partial charge in [-0.05, 0) is 89.1 Å². The van der Waals surface area contributed by atoms with Crippen molar-refractivity contribution in [2.75, 3.05) is 79.2 Å². The van der Waals surface area contributed by atoms with Gasteiger partial charge in [-0.15, -0.1) is 0 Å². The van der Waals surface area contributed by atoms with Crippen LogP contribution in [-0.4, -0.2) is 138 Å². The van der Waals surface area contributed by atoms with E-state index in [1.165, 1.54) is 13.8 Å². The van der Waals surface area contributed by atoms with Crippen molar-refractivity contribution in [3.05, 3.63) is 0 Å². The highest BCUT2D eigenvalue weighted by molar-refractivity contribution is 7.87. The summed E-state index contributed by atoms with van der Waals surface area (Å²) in [5.74, 6) is -3.71. The van der Waals surface area contributed by atoms with Crippen molar-refractivity contribution in [2.24, 2.45) is 21.7 Å². The normalized spacial score (nSPS) is 13.3. The van der Waals surface area contributed by atoms with Crippen molar-refractivity contribution in [1.29, 1.82) is 0 Å². The van der Waals surface area contributed by atoms with Crippen LogP contribution in [0.3, 0.4) is 0 Å².